The number of hydrogen-bond donors (Lipinski definition) is 1. The largest absolute Gasteiger partial charge is 0.433 e. The van der Waals surface area contributed by atoms with Crippen molar-refractivity contribution in [3.8, 4) is 5.75 Å². The van der Waals surface area contributed by atoms with Crippen LogP contribution in [0.3, 0.4) is 0 Å². The molecule has 0 aliphatic carbocycles. The molecule has 1 aromatic rings. The molecule has 0 amide bonds. The van der Waals surface area contributed by atoms with E-state index in [0.29, 0.717) is 11.6 Å². The summed E-state index contributed by atoms with van der Waals surface area (Å²) in [6.07, 6.45) is 2.14. The van der Waals surface area contributed by atoms with Crippen LogP contribution in [0.5, 0.6) is 5.75 Å². The van der Waals surface area contributed by atoms with Crippen LogP contribution in [0, 0.1) is 5.92 Å². The molecule has 0 atom stereocenters. The first-order valence-corrected chi connectivity index (χ1v) is 5.95. The van der Waals surface area contributed by atoms with E-state index in [-0.39, 0.29) is 5.75 Å². The third kappa shape index (κ3) is 4.59. The Morgan fingerprint density at radius 1 is 1.18 bits per heavy atom. The molecule has 0 spiro atoms. The van der Waals surface area contributed by atoms with E-state index in [1.54, 1.807) is 24.3 Å². The second kappa shape index (κ2) is 7.09. The summed E-state index contributed by atoms with van der Waals surface area (Å²) in [4.78, 5) is 0. The van der Waals surface area contributed by atoms with Crippen LogP contribution >= 0.6 is 0 Å². The van der Waals surface area contributed by atoms with Gasteiger partial charge in [-0.3, -0.25) is 0 Å². The van der Waals surface area contributed by atoms with Crippen molar-refractivity contribution in [3.05, 3.63) is 24.3 Å². The number of alkyl halides is 2. The van der Waals surface area contributed by atoms with Gasteiger partial charge in [0.15, 0.2) is 0 Å². The van der Waals surface area contributed by atoms with Crippen LogP contribution in [0.4, 0.5) is 14.5 Å². The second-order valence-electron chi connectivity index (χ2n) is 3.94. The van der Waals surface area contributed by atoms with Gasteiger partial charge >= 0.3 is 6.61 Å². The van der Waals surface area contributed by atoms with Crippen LogP contribution < -0.4 is 10.1 Å². The summed E-state index contributed by atoms with van der Waals surface area (Å²) < 4.78 is 28.8. The molecule has 0 unspecified atom stereocenters. The van der Waals surface area contributed by atoms with E-state index in [0.717, 1.165) is 19.4 Å². The third-order valence-electron chi connectivity index (χ3n) is 2.84. The zero-order valence-electron chi connectivity index (χ0n) is 10.2. The first kappa shape index (κ1) is 13.7. The van der Waals surface area contributed by atoms with Crippen LogP contribution in [0.2, 0.25) is 0 Å². The van der Waals surface area contributed by atoms with E-state index < -0.39 is 6.61 Å². The Morgan fingerprint density at radius 2 is 1.82 bits per heavy atom. The van der Waals surface area contributed by atoms with E-state index in [4.69, 9.17) is 0 Å². The SMILES string of the molecule is CCC(CC)CNc1ccccc1OC(F)F. The van der Waals surface area contributed by atoms with E-state index >= 15 is 0 Å². The molecular formula is C13H19F2NO. The highest BCUT2D eigenvalue weighted by atomic mass is 19.3. The fourth-order valence-corrected chi connectivity index (χ4v) is 1.64. The first-order valence-electron chi connectivity index (χ1n) is 5.95. The summed E-state index contributed by atoms with van der Waals surface area (Å²) >= 11 is 0. The van der Waals surface area contributed by atoms with E-state index in [9.17, 15) is 8.78 Å². The highest BCUT2D eigenvalue weighted by molar-refractivity contribution is 5.56. The van der Waals surface area contributed by atoms with Gasteiger partial charge in [-0.05, 0) is 18.1 Å². The monoisotopic (exact) mass is 243 g/mol. The predicted molar refractivity (Wildman–Crippen MR) is 65.6 cm³/mol. The van der Waals surface area contributed by atoms with Crippen molar-refractivity contribution in [2.45, 2.75) is 33.3 Å². The lowest BCUT2D eigenvalue weighted by atomic mass is 10.0. The Labute approximate surface area is 101 Å². The number of halogens is 2. The minimum absolute atomic E-state index is 0.202. The lowest BCUT2D eigenvalue weighted by Crippen LogP contribution is -2.14. The fraction of sp³-hybridized carbons (Fsp3) is 0.538. The zero-order chi connectivity index (χ0) is 12.7. The van der Waals surface area contributed by atoms with Crippen LogP contribution in [-0.2, 0) is 0 Å². The quantitative estimate of drug-likeness (QED) is 0.777. The number of para-hydroxylation sites is 2. The molecule has 1 rings (SSSR count). The summed E-state index contributed by atoms with van der Waals surface area (Å²) in [5.41, 5.74) is 0.625. The summed E-state index contributed by atoms with van der Waals surface area (Å²) in [5.74, 6) is 0.753. The first-order chi connectivity index (χ1) is 8.17. The number of ether oxygens (including phenoxy) is 1. The van der Waals surface area contributed by atoms with Crippen LogP contribution in [0.1, 0.15) is 26.7 Å². The third-order valence-corrected chi connectivity index (χ3v) is 2.84. The van der Waals surface area contributed by atoms with Crippen molar-refractivity contribution in [3.63, 3.8) is 0 Å². The van der Waals surface area contributed by atoms with Gasteiger partial charge in [0.05, 0.1) is 5.69 Å². The Kier molecular flexibility index (Phi) is 5.73. The topological polar surface area (TPSA) is 21.3 Å². The molecule has 0 saturated carbocycles. The number of hydrogen-bond acceptors (Lipinski definition) is 2. The second-order valence-corrected chi connectivity index (χ2v) is 3.94. The van der Waals surface area contributed by atoms with Crippen molar-refractivity contribution in [1.29, 1.82) is 0 Å². The molecule has 1 aromatic carbocycles. The average Bonchev–Trinajstić information content (AvgIpc) is 2.31. The fourth-order valence-electron chi connectivity index (χ4n) is 1.64. The maximum atomic E-state index is 12.2. The van der Waals surface area contributed by atoms with Crippen molar-refractivity contribution in [2.24, 2.45) is 5.92 Å². The number of anilines is 1. The van der Waals surface area contributed by atoms with Gasteiger partial charge in [0.25, 0.3) is 0 Å². The van der Waals surface area contributed by atoms with Gasteiger partial charge in [0.1, 0.15) is 5.75 Å². The predicted octanol–water partition coefficient (Wildman–Crippen LogP) is 4.14. The molecule has 0 aliphatic heterocycles. The molecule has 4 heteroatoms. The zero-order valence-corrected chi connectivity index (χ0v) is 10.2. The van der Waals surface area contributed by atoms with Crippen LogP contribution in [0.15, 0.2) is 24.3 Å². The van der Waals surface area contributed by atoms with Crippen molar-refractivity contribution < 1.29 is 13.5 Å². The van der Waals surface area contributed by atoms with Crippen molar-refractivity contribution in [2.75, 3.05) is 11.9 Å². The van der Waals surface area contributed by atoms with Gasteiger partial charge in [0, 0.05) is 6.54 Å². The van der Waals surface area contributed by atoms with Gasteiger partial charge in [0.2, 0.25) is 0 Å². The normalized spacial score (nSPS) is 10.9. The molecule has 1 N–H and O–H groups in total. The average molecular weight is 243 g/mol. The minimum Gasteiger partial charge on any atom is -0.433 e. The molecule has 2 nitrogen and oxygen atoms in total. The number of rotatable bonds is 7. The summed E-state index contributed by atoms with van der Waals surface area (Å²) in [7, 11) is 0. The molecule has 0 heterocycles. The number of benzene rings is 1. The van der Waals surface area contributed by atoms with Crippen molar-refractivity contribution in [1.82, 2.24) is 0 Å². The van der Waals surface area contributed by atoms with Gasteiger partial charge in [-0.25, -0.2) is 0 Å². The van der Waals surface area contributed by atoms with Crippen LogP contribution in [-0.4, -0.2) is 13.2 Å². The van der Waals surface area contributed by atoms with Crippen LogP contribution in [0.25, 0.3) is 0 Å². The standard InChI is InChI=1S/C13H19F2NO/c1-3-10(4-2)9-16-11-7-5-6-8-12(11)17-13(14)15/h5-8,10,13,16H,3-4,9H2,1-2H3. The molecule has 96 valence electrons. The minimum atomic E-state index is -2.79. The lowest BCUT2D eigenvalue weighted by Gasteiger charge is -2.16. The highest BCUT2D eigenvalue weighted by Gasteiger charge is 2.10. The maximum Gasteiger partial charge on any atom is 0.387 e. The molecule has 17 heavy (non-hydrogen) atoms. The molecule has 0 radical (unpaired) electrons. The Morgan fingerprint density at radius 3 is 2.41 bits per heavy atom. The Hall–Kier alpha value is -1.32. The molecule has 0 aromatic heterocycles. The Balaban J connectivity index is 2.63. The summed E-state index contributed by atoms with van der Waals surface area (Å²) in [6, 6.07) is 6.77. The van der Waals surface area contributed by atoms with Gasteiger partial charge in [-0.2, -0.15) is 8.78 Å². The van der Waals surface area contributed by atoms with Gasteiger partial charge < -0.3 is 10.1 Å². The smallest absolute Gasteiger partial charge is 0.387 e. The summed E-state index contributed by atoms with van der Waals surface area (Å²) in [5, 5.41) is 3.16. The molecule has 0 aliphatic rings. The maximum absolute atomic E-state index is 12.2. The summed E-state index contributed by atoms with van der Waals surface area (Å²) in [6.45, 7) is 2.23. The van der Waals surface area contributed by atoms with Crippen molar-refractivity contribution >= 4 is 5.69 Å². The molecular weight excluding hydrogens is 224 g/mol. The lowest BCUT2D eigenvalue weighted by molar-refractivity contribution is -0.0493. The van der Waals surface area contributed by atoms with Gasteiger partial charge in [-0.1, -0.05) is 38.8 Å². The molecule has 0 saturated heterocycles. The molecule has 0 bridgehead atoms. The van der Waals surface area contributed by atoms with E-state index in [1.807, 2.05) is 0 Å². The van der Waals surface area contributed by atoms with E-state index in [1.165, 1.54) is 0 Å². The highest BCUT2D eigenvalue weighted by Crippen LogP contribution is 2.26. The Bertz CT molecular complexity index is 327. The van der Waals surface area contributed by atoms with E-state index in [2.05, 4.69) is 23.9 Å². The number of nitrogens with one attached hydrogen (secondary N) is 1. The van der Waals surface area contributed by atoms with Gasteiger partial charge in [-0.15, -0.1) is 0 Å². The molecule has 0 fully saturated rings.